The molecule has 2 aromatic heterocycles. The van der Waals surface area contributed by atoms with E-state index in [1.807, 2.05) is 30.5 Å². The van der Waals surface area contributed by atoms with E-state index in [1.165, 1.54) is 0 Å². The minimum atomic E-state index is 0.236. The van der Waals surface area contributed by atoms with Gasteiger partial charge in [0.15, 0.2) is 11.5 Å². The Morgan fingerprint density at radius 2 is 2.11 bits per heavy atom. The van der Waals surface area contributed by atoms with E-state index in [9.17, 15) is 0 Å². The number of benzene rings is 1. The summed E-state index contributed by atoms with van der Waals surface area (Å²) in [4.78, 5) is 4.94. The lowest BCUT2D eigenvalue weighted by Gasteiger charge is -2.15. The lowest BCUT2D eigenvalue weighted by molar-refractivity contribution is 0.120. The molecule has 1 aromatic carbocycles. The molecule has 6 nitrogen and oxygen atoms in total. The monoisotopic (exact) mass is 367 g/mol. The number of pyridine rings is 1. The van der Waals surface area contributed by atoms with E-state index in [-0.39, 0.29) is 6.10 Å². The predicted octanol–water partition coefficient (Wildman–Crippen LogP) is 3.92. The van der Waals surface area contributed by atoms with Gasteiger partial charge in [0.1, 0.15) is 17.2 Å². The fourth-order valence-electron chi connectivity index (χ4n) is 3.65. The van der Waals surface area contributed by atoms with Gasteiger partial charge in [-0.1, -0.05) is 12.1 Å². The lowest BCUT2D eigenvalue weighted by Crippen LogP contribution is -2.19. The molecule has 1 atom stereocenters. The van der Waals surface area contributed by atoms with Crippen molar-refractivity contribution in [3.8, 4) is 22.8 Å². The number of aromatic nitrogens is 2. The lowest BCUT2D eigenvalue weighted by atomic mass is 10.1. The van der Waals surface area contributed by atoms with Crippen molar-refractivity contribution in [1.82, 2.24) is 9.38 Å². The fraction of sp³-hybridized carbons (Fsp3) is 0.381. The number of nitrogens with one attached hydrogen (secondary N) is 1. The molecule has 0 spiro atoms. The zero-order valence-electron chi connectivity index (χ0n) is 16.0. The van der Waals surface area contributed by atoms with Crippen LogP contribution in [0.3, 0.4) is 0 Å². The zero-order chi connectivity index (χ0) is 18.8. The van der Waals surface area contributed by atoms with Crippen LogP contribution in [0.4, 0.5) is 5.82 Å². The van der Waals surface area contributed by atoms with Gasteiger partial charge < -0.3 is 19.5 Å². The number of aryl methyl sites for hydroxylation is 1. The number of para-hydroxylation sites is 1. The number of ether oxygens (including phenoxy) is 3. The molecule has 1 N–H and O–H groups in total. The highest BCUT2D eigenvalue weighted by Gasteiger charge is 2.22. The Balaban J connectivity index is 1.84. The summed E-state index contributed by atoms with van der Waals surface area (Å²) in [7, 11) is 3.30. The van der Waals surface area contributed by atoms with Crippen LogP contribution >= 0.6 is 0 Å². The van der Waals surface area contributed by atoms with Gasteiger partial charge in [-0.25, -0.2) is 4.98 Å². The quantitative estimate of drug-likeness (QED) is 0.716. The van der Waals surface area contributed by atoms with Crippen LogP contribution in [-0.2, 0) is 4.74 Å². The van der Waals surface area contributed by atoms with Crippen LogP contribution in [0.5, 0.6) is 11.5 Å². The largest absolute Gasteiger partial charge is 0.493 e. The first-order valence-electron chi connectivity index (χ1n) is 9.27. The third-order valence-electron chi connectivity index (χ3n) is 5.02. The minimum Gasteiger partial charge on any atom is -0.493 e. The molecule has 1 aliphatic heterocycles. The second kappa shape index (κ2) is 7.48. The summed E-state index contributed by atoms with van der Waals surface area (Å²) in [5.41, 5.74) is 3.78. The molecule has 1 saturated heterocycles. The van der Waals surface area contributed by atoms with E-state index in [4.69, 9.17) is 19.2 Å². The Hall–Kier alpha value is -2.73. The molecule has 0 amide bonds. The Morgan fingerprint density at radius 3 is 2.85 bits per heavy atom. The number of rotatable bonds is 6. The summed E-state index contributed by atoms with van der Waals surface area (Å²) >= 11 is 0. The van der Waals surface area contributed by atoms with Crippen LogP contribution in [0.2, 0.25) is 0 Å². The molecule has 1 fully saturated rings. The van der Waals surface area contributed by atoms with Gasteiger partial charge in [0.25, 0.3) is 0 Å². The average molecular weight is 367 g/mol. The summed E-state index contributed by atoms with van der Waals surface area (Å²) in [6, 6.07) is 9.96. The van der Waals surface area contributed by atoms with E-state index in [0.29, 0.717) is 11.5 Å². The topological polar surface area (TPSA) is 57.0 Å². The van der Waals surface area contributed by atoms with Gasteiger partial charge in [0, 0.05) is 24.9 Å². The van der Waals surface area contributed by atoms with E-state index >= 15 is 0 Å². The Kier molecular flexibility index (Phi) is 4.90. The normalized spacial score (nSPS) is 16.6. The van der Waals surface area contributed by atoms with Crippen LogP contribution in [0.25, 0.3) is 16.9 Å². The molecule has 0 unspecified atom stereocenters. The summed E-state index contributed by atoms with van der Waals surface area (Å²) in [6.07, 6.45) is 4.47. The van der Waals surface area contributed by atoms with Crippen molar-refractivity contribution >= 4 is 11.5 Å². The molecular formula is C21H25N3O3. The van der Waals surface area contributed by atoms with Gasteiger partial charge in [0.05, 0.1) is 20.3 Å². The van der Waals surface area contributed by atoms with E-state index in [1.54, 1.807) is 14.2 Å². The zero-order valence-corrected chi connectivity index (χ0v) is 16.0. The molecule has 0 bridgehead atoms. The standard InChI is InChI=1S/C21H25N3O3/c1-14-7-5-11-24-20(14)23-18(21(24)22-13-15-8-6-12-27-15)16-9-4-10-17(25-2)19(16)26-3/h4-5,7,9-11,15,22H,6,8,12-13H2,1-3H3/t15-/m1/s1. The number of methoxy groups -OCH3 is 2. The van der Waals surface area contributed by atoms with Gasteiger partial charge in [-0.3, -0.25) is 4.40 Å². The summed E-state index contributed by atoms with van der Waals surface area (Å²) in [5.74, 6) is 2.31. The third-order valence-corrected chi connectivity index (χ3v) is 5.02. The van der Waals surface area contributed by atoms with Gasteiger partial charge >= 0.3 is 0 Å². The smallest absolute Gasteiger partial charge is 0.170 e. The van der Waals surface area contributed by atoms with Crippen molar-refractivity contribution in [3.05, 3.63) is 42.1 Å². The first-order valence-corrected chi connectivity index (χ1v) is 9.27. The van der Waals surface area contributed by atoms with Crippen LogP contribution in [0, 0.1) is 6.92 Å². The van der Waals surface area contributed by atoms with Gasteiger partial charge in [-0.05, 0) is 43.5 Å². The first kappa shape index (κ1) is 17.7. The summed E-state index contributed by atoms with van der Waals surface area (Å²) in [5, 5.41) is 3.57. The molecule has 142 valence electrons. The highest BCUT2D eigenvalue weighted by atomic mass is 16.5. The fourth-order valence-corrected chi connectivity index (χ4v) is 3.65. The van der Waals surface area contributed by atoms with Crippen molar-refractivity contribution in [1.29, 1.82) is 0 Å². The maximum Gasteiger partial charge on any atom is 0.170 e. The summed E-state index contributed by atoms with van der Waals surface area (Å²) in [6.45, 7) is 3.66. The van der Waals surface area contributed by atoms with Crippen molar-refractivity contribution in [2.24, 2.45) is 0 Å². The molecule has 4 rings (SSSR count). The minimum absolute atomic E-state index is 0.236. The number of imidazole rings is 1. The number of hydrogen-bond acceptors (Lipinski definition) is 5. The Labute approximate surface area is 159 Å². The second-order valence-corrected chi connectivity index (χ2v) is 6.75. The molecule has 0 saturated carbocycles. The predicted molar refractivity (Wildman–Crippen MR) is 106 cm³/mol. The highest BCUT2D eigenvalue weighted by molar-refractivity contribution is 5.82. The van der Waals surface area contributed by atoms with E-state index in [0.717, 1.165) is 54.3 Å². The SMILES string of the molecule is COc1cccc(-c2nc3c(C)cccn3c2NC[C@H]2CCCO2)c1OC. The molecular weight excluding hydrogens is 342 g/mol. The van der Waals surface area contributed by atoms with Crippen molar-refractivity contribution in [3.63, 3.8) is 0 Å². The molecule has 1 aliphatic rings. The third kappa shape index (κ3) is 3.21. The van der Waals surface area contributed by atoms with Crippen LogP contribution in [0.1, 0.15) is 18.4 Å². The van der Waals surface area contributed by atoms with Crippen LogP contribution < -0.4 is 14.8 Å². The summed E-state index contributed by atoms with van der Waals surface area (Å²) < 4.78 is 19.0. The second-order valence-electron chi connectivity index (χ2n) is 6.75. The van der Waals surface area contributed by atoms with Crippen LogP contribution in [-0.4, -0.2) is 42.9 Å². The molecule has 6 heteroatoms. The van der Waals surface area contributed by atoms with E-state index in [2.05, 4.69) is 22.7 Å². The van der Waals surface area contributed by atoms with Crippen molar-refractivity contribution in [2.45, 2.75) is 25.9 Å². The number of anilines is 1. The Bertz CT molecular complexity index is 945. The average Bonchev–Trinajstić information content (AvgIpc) is 3.34. The first-order chi connectivity index (χ1) is 13.2. The van der Waals surface area contributed by atoms with Gasteiger partial charge in [-0.2, -0.15) is 0 Å². The van der Waals surface area contributed by atoms with E-state index < -0.39 is 0 Å². The maximum absolute atomic E-state index is 5.78. The maximum atomic E-state index is 5.78. The van der Waals surface area contributed by atoms with Crippen molar-refractivity contribution in [2.75, 3.05) is 32.7 Å². The molecule has 0 aliphatic carbocycles. The molecule has 27 heavy (non-hydrogen) atoms. The van der Waals surface area contributed by atoms with Gasteiger partial charge in [0.2, 0.25) is 0 Å². The molecule has 3 aromatic rings. The number of fused-ring (bicyclic) bond motifs is 1. The molecule has 3 heterocycles. The molecule has 0 radical (unpaired) electrons. The van der Waals surface area contributed by atoms with Crippen LogP contribution in [0.15, 0.2) is 36.5 Å². The Morgan fingerprint density at radius 1 is 1.22 bits per heavy atom. The van der Waals surface area contributed by atoms with Gasteiger partial charge in [-0.15, -0.1) is 0 Å². The number of nitrogens with zero attached hydrogens (tertiary/aromatic N) is 2. The highest BCUT2D eigenvalue weighted by Crippen LogP contribution is 2.41. The van der Waals surface area contributed by atoms with Crippen molar-refractivity contribution < 1.29 is 14.2 Å². The number of hydrogen-bond donors (Lipinski definition) is 1.